The smallest absolute Gasteiger partial charge is 0.341 e. The standard InChI is InChI=1S/C17H14F4N2O3S/c18-12-2-1-3-13(19)15(12)23-9-8-14(16(23)24)22-10-4-6-11(7-5-10)27(25,26)17(20)21/h1-7,14,17,22H,8-9H2. The van der Waals surface area contributed by atoms with E-state index in [1.54, 1.807) is 0 Å². The van der Waals surface area contributed by atoms with E-state index in [0.717, 1.165) is 29.2 Å². The van der Waals surface area contributed by atoms with Gasteiger partial charge in [0.25, 0.3) is 0 Å². The molecule has 1 N–H and O–H groups in total. The number of anilines is 2. The molecule has 10 heteroatoms. The van der Waals surface area contributed by atoms with Crippen LogP contribution in [-0.4, -0.2) is 32.7 Å². The van der Waals surface area contributed by atoms with Gasteiger partial charge in [-0.3, -0.25) is 4.79 Å². The highest BCUT2D eigenvalue weighted by molar-refractivity contribution is 7.91. The molecule has 1 amide bonds. The van der Waals surface area contributed by atoms with Gasteiger partial charge >= 0.3 is 5.76 Å². The van der Waals surface area contributed by atoms with E-state index in [-0.39, 0.29) is 13.0 Å². The van der Waals surface area contributed by atoms with Crippen LogP contribution in [0, 0.1) is 11.6 Å². The molecular formula is C17H14F4N2O3S. The van der Waals surface area contributed by atoms with E-state index in [4.69, 9.17) is 0 Å². The van der Waals surface area contributed by atoms with Crippen molar-refractivity contribution in [1.29, 1.82) is 0 Å². The summed E-state index contributed by atoms with van der Waals surface area (Å²) < 4.78 is 75.6. The molecule has 5 nitrogen and oxygen atoms in total. The average Bonchev–Trinajstić information content (AvgIpc) is 2.96. The molecule has 0 saturated carbocycles. The molecule has 1 aliphatic rings. The van der Waals surface area contributed by atoms with Crippen LogP contribution < -0.4 is 10.2 Å². The van der Waals surface area contributed by atoms with Crippen LogP contribution in [0.1, 0.15) is 6.42 Å². The van der Waals surface area contributed by atoms with Gasteiger partial charge in [-0.15, -0.1) is 0 Å². The van der Waals surface area contributed by atoms with Gasteiger partial charge < -0.3 is 10.2 Å². The van der Waals surface area contributed by atoms with Crippen molar-refractivity contribution in [3.63, 3.8) is 0 Å². The van der Waals surface area contributed by atoms with Gasteiger partial charge in [0.2, 0.25) is 15.7 Å². The summed E-state index contributed by atoms with van der Waals surface area (Å²) in [7, 11) is -4.71. The average molecular weight is 402 g/mol. The number of rotatable bonds is 5. The lowest BCUT2D eigenvalue weighted by Gasteiger charge is -2.19. The maximum absolute atomic E-state index is 13.9. The molecule has 0 aliphatic carbocycles. The summed E-state index contributed by atoms with van der Waals surface area (Å²) in [6.45, 7) is 0.0895. The number of sulfone groups is 1. The highest BCUT2D eigenvalue weighted by atomic mass is 32.2. The summed E-state index contributed by atoms with van der Waals surface area (Å²) in [6.07, 6.45) is 0.254. The van der Waals surface area contributed by atoms with Crippen molar-refractivity contribution < 1.29 is 30.8 Å². The van der Waals surface area contributed by atoms with Gasteiger partial charge in [0, 0.05) is 12.2 Å². The van der Waals surface area contributed by atoms with Crippen LogP contribution in [0.4, 0.5) is 28.9 Å². The largest absolute Gasteiger partial charge is 0.374 e. The highest BCUT2D eigenvalue weighted by Crippen LogP contribution is 2.29. The number of halogens is 4. The summed E-state index contributed by atoms with van der Waals surface area (Å²) in [6, 6.07) is 6.99. The number of benzene rings is 2. The third-order valence-corrected chi connectivity index (χ3v) is 5.57. The lowest BCUT2D eigenvalue weighted by atomic mass is 10.2. The van der Waals surface area contributed by atoms with E-state index >= 15 is 0 Å². The van der Waals surface area contributed by atoms with Crippen LogP contribution in [0.25, 0.3) is 0 Å². The molecule has 1 fully saturated rings. The van der Waals surface area contributed by atoms with Gasteiger partial charge in [-0.2, -0.15) is 8.78 Å². The Labute approximate surface area is 152 Å². The number of hydrogen-bond acceptors (Lipinski definition) is 4. The van der Waals surface area contributed by atoms with Crippen molar-refractivity contribution in [2.24, 2.45) is 0 Å². The first-order chi connectivity index (χ1) is 12.7. The topological polar surface area (TPSA) is 66.5 Å². The van der Waals surface area contributed by atoms with Crippen molar-refractivity contribution in [1.82, 2.24) is 0 Å². The lowest BCUT2D eigenvalue weighted by Crippen LogP contribution is -2.34. The SMILES string of the molecule is O=C1C(Nc2ccc(S(=O)(=O)C(F)F)cc2)CCN1c1c(F)cccc1F. The minimum Gasteiger partial charge on any atom is -0.374 e. The molecule has 0 radical (unpaired) electrons. The lowest BCUT2D eigenvalue weighted by molar-refractivity contribution is -0.117. The zero-order chi connectivity index (χ0) is 19.8. The molecule has 1 heterocycles. The van der Waals surface area contributed by atoms with Gasteiger partial charge in [0.05, 0.1) is 4.90 Å². The van der Waals surface area contributed by atoms with Crippen LogP contribution >= 0.6 is 0 Å². The highest BCUT2D eigenvalue weighted by Gasteiger charge is 2.35. The maximum atomic E-state index is 13.9. The Kier molecular flexibility index (Phi) is 5.09. The molecule has 3 rings (SSSR count). The Hall–Kier alpha value is -2.62. The third kappa shape index (κ3) is 3.61. The summed E-state index contributed by atoms with van der Waals surface area (Å²) in [4.78, 5) is 12.9. The fourth-order valence-corrected chi connectivity index (χ4v) is 3.55. The van der Waals surface area contributed by atoms with Gasteiger partial charge in [-0.25, -0.2) is 17.2 Å². The second-order valence-electron chi connectivity index (χ2n) is 5.88. The van der Waals surface area contributed by atoms with E-state index in [2.05, 4.69) is 5.32 Å². The van der Waals surface area contributed by atoms with E-state index < -0.39 is 49.8 Å². The van der Waals surface area contributed by atoms with E-state index in [1.807, 2.05) is 0 Å². The first-order valence-electron chi connectivity index (χ1n) is 7.86. The van der Waals surface area contributed by atoms with Gasteiger partial charge in [0.15, 0.2) is 0 Å². The van der Waals surface area contributed by atoms with E-state index in [9.17, 15) is 30.8 Å². The number of nitrogens with zero attached hydrogens (tertiary/aromatic N) is 1. The van der Waals surface area contributed by atoms with Gasteiger partial charge in [0.1, 0.15) is 23.4 Å². The second-order valence-corrected chi connectivity index (χ2v) is 7.79. The molecule has 0 spiro atoms. The molecule has 1 atom stereocenters. The molecular weight excluding hydrogens is 388 g/mol. The maximum Gasteiger partial charge on any atom is 0.341 e. The van der Waals surface area contributed by atoms with Crippen LogP contribution in [0.2, 0.25) is 0 Å². The number of para-hydroxylation sites is 1. The fraction of sp³-hybridized carbons (Fsp3) is 0.235. The number of amides is 1. The molecule has 0 aromatic heterocycles. The fourth-order valence-electron chi connectivity index (χ4n) is 2.83. The predicted molar refractivity (Wildman–Crippen MR) is 90.4 cm³/mol. The van der Waals surface area contributed by atoms with Crippen molar-refractivity contribution >= 4 is 27.1 Å². The number of carbonyl (C=O) groups is 1. The van der Waals surface area contributed by atoms with E-state index in [0.29, 0.717) is 5.69 Å². The number of alkyl halides is 2. The Morgan fingerprint density at radius 2 is 1.63 bits per heavy atom. The Balaban J connectivity index is 1.75. The third-order valence-electron chi connectivity index (χ3n) is 4.17. The van der Waals surface area contributed by atoms with Crippen molar-refractivity contribution in [2.45, 2.75) is 23.1 Å². The van der Waals surface area contributed by atoms with Crippen molar-refractivity contribution in [2.75, 3.05) is 16.8 Å². The molecule has 27 heavy (non-hydrogen) atoms. The normalized spacial score (nSPS) is 17.6. The van der Waals surface area contributed by atoms with Gasteiger partial charge in [-0.1, -0.05) is 6.07 Å². The monoisotopic (exact) mass is 402 g/mol. The van der Waals surface area contributed by atoms with E-state index in [1.165, 1.54) is 18.2 Å². The minimum atomic E-state index is -4.71. The molecule has 1 unspecified atom stereocenters. The van der Waals surface area contributed by atoms with Crippen LogP contribution in [0.3, 0.4) is 0 Å². The molecule has 144 valence electrons. The Morgan fingerprint density at radius 3 is 2.19 bits per heavy atom. The summed E-state index contributed by atoms with van der Waals surface area (Å²) in [5, 5.41) is 2.82. The molecule has 0 bridgehead atoms. The summed E-state index contributed by atoms with van der Waals surface area (Å²) >= 11 is 0. The summed E-state index contributed by atoms with van der Waals surface area (Å²) in [5.74, 6) is -5.80. The molecule has 2 aromatic carbocycles. The molecule has 1 aliphatic heterocycles. The Bertz CT molecular complexity index is 944. The van der Waals surface area contributed by atoms with Crippen LogP contribution in [-0.2, 0) is 14.6 Å². The summed E-state index contributed by atoms with van der Waals surface area (Å²) in [5.41, 5.74) is -0.109. The first-order valence-corrected chi connectivity index (χ1v) is 9.40. The van der Waals surface area contributed by atoms with Crippen molar-refractivity contribution in [3.8, 4) is 0 Å². The number of carbonyl (C=O) groups excluding carboxylic acids is 1. The predicted octanol–water partition coefficient (Wildman–Crippen LogP) is 3.18. The zero-order valence-corrected chi connectivity index (χ0v) is 14.5. The number of hydrogen-bond donors (Lipinski definition) is 1. The van der Waals surface area contributed by atoms with Gasteiger partial charge in [-0.05, 0) is 42.8 Å². The Morgan fingerprint density at radius 1 is 1.04 bits per heavy atom. The second kappa shape index (κ2) is 7.18. The molecule has 1 saturated heterocycles. The van der Waals surface area contributed by atoms with Crippen LogP contribution in [0.5, 0.6) is 0 Å². The van der Waals surface area contributed by atoms with Crippen molar-refractivity contribution in [3.05, 3.63) is 54.1 Å². The molecule has 2 aromatic rings. The number of nitrogens with one attached hydrogen (secondary N) is 1. The zero-order valence-electron chi connectivity index (χ0n) is 13.7. The first kappa shape index (κ1) is 19.2. The van der Waals surface area contributed by atoms with Crippen LogP contribution in [0.15, 0.2) is 47.4 Å². The quantitative estimate of drug-likeness (QED) is 0.781. The minimum absolute atomic E-state index is 0.0895.